The Morgan fingerprint density at radius 1 is 1.47 bits per heavy atom. The monoisotopic (exact) mass is 204 g/mol. The number of benzene rings is 1. The van der Waals surface area contributed by atoms with E-state index < -0.39 is 0 Å². The van der Waals surface area contributed by atoms with Crippen molar-refractivity contribution in [3.8, 4) is 0 Å². The van der Waals surface area contributed by atoms with Gasteiger partial charge in [-0.15, -0.1) is 0 Å². The number of nitrogens with one attached hydrogen (secondary N) is 1. The van der Waals surface area contributed by atoms with E-state index in [4.69, 9.17) is 5.73 Å². The molecule has 0 saturated heterocycles. The molecule has 0 fully saturated rings. The predicted molar refractivity (Wildman–Crippen MR) is 60.8 cm³/mol. The van der Waals surface area contributed by atoms with Crippen LogP contribution in [0.5, 0.6) is 0 Å². The normalized spacial score (nSPS) is 19.7. The molecular weight excluding hydrogens is 188 g/mol. The fourth-order valence-electron chi connectivity index (χ4n) is 2.02. The van der Waals surface area contributed by atoms with Crippen LogP contribution in [0.15, 0.2) is 12.1 Å². The number of aryl methyl sites for hydroxylation is 1. The standard InChI is InChI=1S/C12H16N2O/c1-7-3-4-11-10(8(7)2)5-9(6-13)12(15)14-11/h3-4,9H,5-6,13H2,1-2H3,(H,14,15). The van der Waals surface area contributed by atoms with E-state index in [-0.39, 0.29) is 11.8 Å². The fourth-order valence-corrected chi connectivity index (χ4v) is 2.02. The molecule has 1 aromatic carbocycles. The van der Waals surface area contributed by atoms with Gasteiger partial charge >= 0.3 is 0 Å². The molecule has 80 valence electrons. The molecule has 0 bridgehead atoms. The molecule has 1 unspecified atom stereocenters. The lowest BCUT2D eigenvalue weighted by molar-refractivity contribution is -0.119. The summed E-state index contributed by atoms with van der Waals surface area (Å²) in [6.45, 7) is 4.60. The molecule has 1 amide bonds. The second-order valence-electron chi connectivity index (χ2n) is 4.16. The van der Waals surface area contributed by atoms with Crippen LogP contribution in [-0.2, 0) is 11.2 Å². The second kappa shape index (κ2) is 3.66. The highest BCUT2D eigenvalue weighted by Crippen LogP contribution is 2.29. The van der Waals surface area contributed by atoms with Crippen LogP contribution in [0, 0.1) is 19.8 Å². The minimum absolute atomic E-state index is 0.0493. The summed E-state index contributed by atoms with van der Waals surface area (Å²) >= 11 is 0. The van der Waals surface area contributed by atoms with E-state index in [9.17, 15) is 4.79 Å². The zero-order chi connectivity index (χ0) is 11.0. The number of nitrogens with two attached hydrogens (primary N) is 1. The Morgan fingerprint density at radius 3 is 2.87 bits per heavy atom. The van der Waals surface area contributed by atoms with Gasteiger partial charge in [0.15, 0.2) is 0 Å². The number of amides is 1. The molecule has 3 N–H and O–H groups in total. The van der Waals surface area contributed by atoms with Crippen LogP contribution in [0.3, 0.4) is 0 Å². The van der Waals surface area contributed by atoms with Gasteiger partial charge in [0.25, 0.3) is 0 Å². The van der Waals surface area contributed by atoms with Gasteiger partial charge in [-0.05, 0) is 43.0 Å². The largest absolute Gasteiger partial charge is 0.330 e. The molecular formula is C12H16N2O. The number of carbonyl (C=O) groups excluding carboxylic acids is 1. The van der Waals surface area contributed by atoms with Crippen LogP contribution in [0.2, 0.25) is 0 Å². The van der Waals surface area contributed by atoms with Crippen molar-refractivity contribution in [1.29, 1.82) is 0 Å². The molecule has 2 rings (SSSR count). The first kappa shape index (κ1) is 10.2. The van der Waals surface area contributed by atoms with Gasteiger partial charge < -0.3 is 11.1 Å². The van der Waals surface area contributed by atoms with Crippen LogP contribution < -0.4 is 11.1 Å². The smallest absolute Gasteiger partial charge is 0.229 e. The zero-order valence-corrected chi connectivity index (χ0v) is 9.13. The molecule has 0 saturated carbocycles. The van der Waals surface area contributed by atoms with Crippen molar-refractivity contribution in [3.63, 3.8) is 0 Å². The van der Waals surface area contributed by atoms with E-state index >= 15 is 0 Å². The van der Waals surface area contributed by atoms with Crippen molar-refractivity contribution < 1.29 is 4.79 Å². The number of hydrogen-bond acceptors (Lipinski definition) is 2. The van der Waals surface area contributed by atoms with E-state index in [2.05, 4.69) is 19.2 Å². The maximum atomic E-state index is 11.6. The molecule has 15 heavy (non-hydrogen) atoms. The molecule has 1 aliphatic rings. The number of hydrogen-bond donors (Lipinski definition) is 2. The van der Waals surface area contributed by atoms with Crippen LogP contribution in [0.1, 0.15) is 16.7 Å². The van der Waals surface area contributed by atoms with Gasteiger partial charge in [-0.25, -0.2) is 0 Å². The van der Waals surface area contributed by atoms with Gasteiger partial charge in [0, 0.05) is 12.2 Å². The topological polar surface area (TPSA) is 55.1 Å². The van der Waals surface area contributed by atoms with E-state index in [1.54, 1.807) is 0 Å². The highest BCUT2D eigenvalue weighted by atomic mass is 16.1. The quantitative estimate of drug-likeness (QED) is 0.726. The Bertz CT molecular complexity index is 412. The van der Waals surface area contributed by atoms with Crippen molar-refractivity contribution >= 4 is 11.6 Å². The summed E-state index contributed by atoms with van der Waals surface area (Å²) in [5.41, 5.74) is 10.3. The number of carbonyl (C=O) groups is 1. The Kier molecular flexibility index (Phi) is 2.49. The average molecular weight is 204 g/mol. The summed E-state index contributed by atoms with van der Waals surface area (Å²) in [6, 6.07) is 4.01. The molecule has 0 aliphatic carbocycles. The Labute approximate surface area is 89.7 Å². The first-order chi connectivity index (χ1) is 7.13. The van der Waals surface area contributed by atoms with Crippen LogP contribution >= 0.6 is 0 Å². The van der Waals surface area contributed by atoms with E-state index in [1.165, 1.54) is 16.7 Å². The first-order valence-electron chi connectivity index (χ1n) is 5.23. The van der Waals surface area contributed by atoms with Gasteiger partial charge in [-0.2, -0.15) is 0 Å². The van der Waals surface area contributed by atoms with Gasteiger partial charge in [-0.1, -0.05) is 6.07 Å². The maximum absolute atomic E-state index is 11.6. The van der Waals surface area contributed by atoms with E-state index in [1.807, 2.05) is 12.1 Å². The Morgan fingerprint density at radius 2 is 2.20 bits per heavy atom. The minimum Gasteiger partial charge on any atom is -0.330 e. The molecule has 1 aliphatic heterocycles. The summed E-state index contributed by atoms with van der Waals surface area (Å²) in [6.07, 6.45) is 0.769. The Balaban J connectivity index is 2.46. The molecule has 1 heterocycles. The summed E-state index contributed by atoms with van der Waals surface area (Å²) in [5.74, 6) is -0.0220. The number of fused-ring (bicyclic) bond motifs is 1. The average Bonchev–Trinajstić information content (AvgIpc) is 2.23. The van der Waals surface area contributed by atoms with E-state index in [0.717, 1.165) is 12.1 Å². The van der Waals surface area contributed by atoms with Gasteiger partial charge in [0.2, 0.25) is 5.91 Å². The molecule has 3 heteroatoms. The molecule has 0 spiro atoms. The summed E-state index contributed by atoms with van der Waals surface area (Å²) in [7, 11) is 0. The van der Waals surface area contributed by atoms with Gasteiger partial charge in [0.1, 0.15) is 0 Å². The van der Waals surface area contributed by atoms with Crippen molar-refractivity contribution in [1.82, 2.24) is 0 Å². The number of rotatable bonds is 1. The minimum atomic E-state index is -0.0713. The van der Waals surface area contributed by atoms with Crippen LogP contribution in [-0.4, -0.2) is 12.5 Å². The molecule has 1 atom stereocenters. The molecule has 3 nitrogen and oxygen atoms in total. The highest BCUT2D eigenvalue weighted by molar-refractivity contribution is 5.96. The Hall–Kier alpha value is -1.35. The second-order valence-corrected chi connectivity index (χ2v) is 4.16. The van der Waals surface area contributed by atoms with Crippen molar-refractivity contribution in [2.45, 2.75) is 20.3 Å². The van der Waals surface area contributed by atoms with E-state index in [0.29, 0.717) is 6.54 Å². The third kappa shape index (κ3) is 1.63. The predicted octanol–water partition coefficient (Wildman–Crippen LogP) is 1.37. The van der Waals surface area contributed by atoms with Gasteiger partial charge in [-0.3, -0.25) is 4.79 Å². The first-order valence-corrected chi connectivity index (χ1v) is 5.23. The summed E-state index contributed by atoms with van der Waals surface area (Å²) < 4.78 is 0. The maximum Gasteiger partial charge on any atom is 0.229 e. The lowest BCUT2D eigenvalue weighted by Crippen LogP contribution is -2.35. The fraction of sp³-hybridized carbons (Fsp3) is 0.417. The summed E-state index contributed by atoms with van der Waals surface area (Å²) in [5, 5.41) is 2.91. The SMILES string of the molecule is Cc1ccc2c(c1C)CC(CN)C(=O)N2. The third-order valence-electron chi connectivity index (χ3n) is 3.23. The molecule has 0 radical (unpaired) electrons. The van der Waals surface area contributed by atoms with Crippen molar-refractivity contribution in [2.24, 2.45) is 11.7 Å². The van der Waals surface area contributed by atoms with Crippen LogP contribution in [0.25, 0.3) is 0 Å². The third-order valence-corrected chi connectivity index (χ3v) is 3.23. The van der Waals surface area contributed by atoms with Crippen molar-refractivity contribution in [2.75, 3.05) is 11.9 Å². The lowest BCUT2D eigenvalue weighted by atomic mass is 9.89. The molecule has 0 aromatic heterocycles. The van der Waals surface area contributed by atoms with Crippen molar-refractivity contribution in [3.05, 3.63) is 28.8 Å². The molecule has 1 aromatic rings. The lowest BCUT2D eigenvalue weighted by Gasteiger charge is -2.25. The highest BCUT2D eigenvalue weighted by Gasteiger charge is 2.26. The zero-order valence-electron chi connectivity index (χ0n) is 9.13. The van der Waals surface area contributed by atoms with Gasteiger partial charge in [0.05, 0.1) is 5.92 Å². The summed E-state index contributed by atoms with van der Waals surface area (Å²) in [4.78, 5) is 11.6. The number of anilines is 1. The van der Waals surface area contributed by atoms with Crippen LogP contribution in [0.4, 0.5) is 5.69 Å².